The normalized spacial score (nSPS) is 15.1. The highest BCUT2D eigenvalue weighted by Crippen LogP contribution is 2.23. The maximum Gasteiger partial charge on any atom is 0.335 e. The van der Waals surface area contributed by atoms with Gasteiger partial charge in [0.2, 0.25) is 0 Å². The Kier molecular flexibility index (Phi) is 3.01. The molecule has 0 bridgehead atoms. The Morgan fingerprint density at radius 1 is 1.35 bits per heavy atom. The fourth-order valence-electron chi connectivity index (χ4n) is 1.73. The molecule has 1 heterocycles. The Hall–Kier alpha value is -2.01. The van der Waals surface area contributed by atoms with Crippen LogP contribution in [0.3, 0.4) is 0 Å². The summed E-state index contributed by atoms with van der Waals surface area (Å²) in [5.74, 6) is -0.914. The number of benzene rings is 1. The number of rotatable bonds is 3. The van der Waals surface area contributed by atoms with Crippen molar-refractivity contribution in [3.05, 3.63) is 41.7 Å². The van der Waals surface area contributed by atoms with Crippen molar-refractivity contribution in [2.24, 2.45) is 0 Å². The molecule has 0 atom stereocenters. The summed E-state index contributed by atoms with van der Waals surface area (Å²) in [6.07, 6.45) is 1.96. The number of carboxylic acids is 1. The lowest BCUT2D eigenvalue weighted by Gasteiger charge is -2.20. The van der Waals surface area contributed by atoms with Gasteiger partial charge in [-0.2, -0.15) is 0 Å². The van der Waals surface area contributed by atoms with Crippen LogP contribution < -0.4 is 4.90 Å². The summed E-state index contributed by atoms with van der Waals surface area (Å²) < 4.78 is 0. The molecule has 5 nitrogen and oxygen atoms in total. The Labute approximate surface area is 99.5 Å². The second-order valence-electron chi connectivity index (χ2n) is 3.79. The van der Waals surface area contributed by atoms with Crippen LogP contribution in [0.2, 0.25) is 0 Å². The smallest absolute Gasteiger partial charge is 0.335 e. The molecule has 5 heteroatoms. The van der Waals surface area contributed by atoms with E-state index < -0.39 is 5.97 Å². The van der Waals surface area contributed by atoms with Crippen molar-refractivity contribution in [2.75, 3.05) is 18.7 Å². The topological polar surface area (TPSA) is 53.0 Å². The van der Waals surface area contributed by atoms with Gasteiger partial charge in [0.25, 0.3) is 0 Å². The molecule has 1 aliphatic heterocycles. The van der Waals surface area contributed by atoms with Gasteiger partial charge in [-0.15, -0.1) is 0 Å². The van der Waals surface area contributed by atoms with Gasteiger partial charge in [0, 0.05) is 11.9 Å². The fourth-order valence-corrected chi connectivity index (χ4v) is 1.73. The molecule has 0 aliphatic carbocycles. The molecule has 1 N–H and O–H groups in total. The maximum absolute atomic E-state index is 10.7. The van der Waals surface area contributed by atoms with Crippen molar-refractivity contribution >= 4 is 11.7 Å². The first kappa shape index (κ1) is 11.5. The van der Waals surface area contributed by atoms with E-state index in [1.165, 1.54) is 0 Å². The number of nitrogens with zero attached hydrogens (tertiary/aromatic N) is 2. The molecule has 0 radical (unpaired) electrons. The van der Waals surface area contributed by atoms with E-state index in [1.807, 2.05) is 18.0 Å². The molecular formula is C12H14N2O3. The molecule has 1 aromatic carbocycles. The van der Waals surface area contributed by atoms with Crippen LogP contribution in [0.5, 0.6) is 0 Å². The Morgan fingerprint density at radius 2 is 2.00 bits per heavy atom. The average Bonchev–Trinajstić information content (AvgIpc) is 2.70. The number of hydrogen-bond donors (Lipinski definition) is 1. The lowest BCUT2D eigenvalue weighted by molar-refractivity contribution is -0.0905. The van der Waals surface area contributed by atoms with E-state index in [2.05, 4.69) is 0 Å². The van der Waals surface area contributed by atoms with E-state index in [0.717, 1.165) is 11.4 Å². The van der Waals surface area contributed by atoms with E-state index in [0.29, 0.717) is 6.67 Å². The van der Waals surface area contributed by atoms with Crippen LogP contribution in [0, 0.1) is 0 Å². The van der Waals surface area contributed by atoms with E-state index in [-0.39, 0.29) is 5.56 Å². The average molecular weight is 234 g/mol. The number of hydrogen-bond acceptors (Lipinski definition) is 4. The van der Waals surface area contributed by atoms with Gasteiger partial charge in [-0.3, -0.25) is 4.84 Å². The highest BCUT2D eigenvalue weighted by atomic mass is 16.7. The third-order valence-corrected chi connectivity index (χ3v) is 2.68. The van der Waals surface area contributed by atoms with Crippen molar-refractivity contribution < 1.29 is 14.7 Å². The molecule has 0 saturated heterocycles. The van der Waals surface area contributed by atoms with E-state index in [1.54, 1.807) is 36.4 Å². The van der Waals surface area contributed by atoms with Crippen LogP contribution in [0.4, 0.5) is 5.69 Å². The van der Waals surface area contributed by atoms with Gasteiger partial charge < -0.3 is 10.0 Å². The molecule has 90 valence electrons. The van der Waals surface area contributed by atoms with Crippen LogP contribution in [-0.2, 0) is 4.84 Å². The molecular weight excluding hydrogens is 220 g/mol. The lowest BCUT2D eigenvalue weighted by atomic mass is 10.2. The van der Waals surface area contributed by atoms with Crippen LogP contribution in [-0.4, -0.2) is 29.9 Å². The van der Waals surface area contributed by atoms with Crippen molar-refractivity contribution in [2.45, 2.75) is 6.92 Å². The minimum absolute atomic E-state index is 0.289. The van der Waals surface area contributed by atoms with Crippen LogP contribution >= 0.6 is 0 Å². The quantitative estimate of drug-likeness (QED) is 0.865. The van der Waals surface area contributed by atoms with Gasteiger partial charge in [0.1, 0.15) is 6.67 Å². The number of anilines is 1. The van der Waals surface area contributed by atoms with Crippen LogP contribution in [0.25, 0.3) is 0 Å². The summed E-state index contributed by atoms with van der Waals surface area (Å²) in [5, 5.41) is 10.6. The molecule has 1 aliphatic rings. The first-order valence-electron chi connectivity index (χ1n) is 5.22. The van der Waals surface area contributed by atoms with Gasteiger partial charge in [-0.1, -0.05) is 0 Å². The zero-order valence-electron chi connectivity index (χ0n) is 9.75. The molecule has 0 fully saturated rings. The number of allylic oxidation sites excluding steroid dienone is 1. The number of aromatic carboxylic acids is 1. The first-order valence-corrected chi connectivity index (χ1v) is 5.22. The Balaban J connectivity index is 2.17. The molecule has 0 spiro atoms. The Bertz CT molecular complexity index is 453. The zero-order chi connectivity index (χ0) is 12.4. The highest BCUT2D eigenvalue weighted by molar-refractivity contribution is 5.88. The number of carboxylic acid groups (broad SMARTS) is 1. The molecule has 0 aromatic heterocycles. The SMILES string of the molecule is CON1CN(c2ccc(C(=O)O)cc2)C=C1C. The summed E-state index contributed by atoms with van der Waals surface area (Å²) in [7, 11) is 1.62. The molecule has 17 heavy (non-hydrogen) atoms. The summed E-state index contributed by atoms with van der Waals surface area (Å²) in [6.45, 7) is 2.56. The monoisotopic (exact) mass is 234 g/mol. The molecule has 1 aromatic rings. The molecule has 0 saturated carbocycles. The number of carbonyl (C=O) groups is 1. The largest absolute Gasteiger partial charge is 0.478 e. The van der Waals surface area contributed by atoms with E-state index >= 15 is 0 Å². The zero-order valence-corrected chi connectivity index (χ0v) is 9.75. The number of hydroxylamine groups is 2. The minimum atomic E-state index is -0.914. The van der Waals surface area contributed by atoms with E-state index in [4.69, 9.17) is 9.94 Å². The van der Waals surface area contributed by atoms with Crippen molar-refractivity contribution in [3.8, 4) is 0 Å². The minimum Gasteiger partial charge on any atom is -0.478 e. The summed E-state index contributed by atoms with van der Waals surface area (Å²) in [6, 6.07) is 6.76. The standard InChI is InChI=1S/C12H14N2O3/c1-9-7-13(8-14(9)17-2)11-5-3-10(4-6-11)12(15)16/h3-7H,8H2,1-2H3,(H,15,16). The van der Waals surface area contributed by atoms with E-state index in [9.17, 15) is 4.79 Å². The summed E-state index contributed by atoms with van der Waals surface area (Å²) in [4.78, 5) is 17.9. The second kappa shape index (κ2) is 4.47. The molecule has 2 rings (SSSR count). The predicted octanol–water partition coefficient (Wildman–Crippen LogP) is 1.89. The van der Waals surface area contributed by atoms with Crippen LogP contribution in [0.15, 0.2) is 36.2 Å². The van der Waals surface area contributed by atoms with Gasteiger partial charge >= 0.3 is 5.97 Å². The van der Waals surface area contributed by atoms with Gasteiger partial charge in [0.15, 0.2) is 0 Å². The van der Waals surface area contributed by atoms with Crippen molar-refractivity contribution in [1.82, 2.24) is 5.06 Å². The van der Waals surface area contributed by atoms with Gasteiger partial charge in [-0.25, -0.2) is 9.86 Å². The fraction of sp³-hybridized carbons (Fsp3) is 0.250. The molecule has 0 amide bonds. The predicted molar refractivity (Wildman–Crippen MR) is 63.4 cm³/mol. The first-order chi connectivity index (χ1) is 8.11. The maximum atomic E-state index is 10.7. The van der Waals surface area contributed by atoms with Crippen molar-refractivity contribution in [1.29, 1.82) is 0 Å². The van der Waals surface area contributed by atoms with Gasteiger partial charge in [-0.05, 0) is 31.2 Å². The third kappa shape index (κ3) is 2.24. The summed E-state index contributed by atoms with van der Waals surface area (Å²) in [5.41, 5.74) is 2.24. The van der Waals surface area contributed by atoms with Gasteiger partial charge in [0.05, 0.1) is 18.4 Å². The van der Waals surface area contributed by atoms with Crippen molar-refractivity contribution in [3.63, 3.8) is 0 Å². The highest BCUT2D eigenvalue weighted by Gasteiger charge is 2.18. The van der Waals surface area contributed by atoms with Crippen LogP contribution in [0.1, 0.15) is 17.3 Å². The second-order valence-corrected chi connectivity index (χ2v) is 3.79. The lowest BCUT2D eigenvalue weighted by Crippen LogP contribution is -2.25. The molecule has 0 unspecified atom stereocenters. The summed E-state index contributed by atoms with van der Waals surface area (Å²) >= 11 is 0. The third-order valence-electron chi connectivity index (χ3n) is 2.68. The Morgan fingerprint density at radius 3 is 2.47 bits per heavy atom.